The zero-order chi connectivity index (χ0) is 21.5. The van der Waals surface area contributed by atoms with E-state index >= 15 is 0 Å². The number of hydrogen-bond donors (Lipinski definition) is 1. The summed E-state index contributed by atoms with van der Waals surface area (Å²) in [5.41, 5.74) is 3.05. The molecule has 0 bridgehead atoms. The van der Waals surface area contributed by atoms with Gasteiger partial charge in [0, 0.05) is 17.3 Å². The van der Waals surface area contributed by atoms with E-state index in [1.807, 2.05) is 54.8 Å². The van der Waals surface area contributed by atoms with Crippen LogP contribution in [0.3, 0.4) is 0 Å². The first kappa shape index (κ1) is 21.9. The summed E-state index contributed by atoms with van der Waals surface area (Å²) >= 11 is 1.38. The minimum Gasteiger partial charge on any atom is -0.494 e. The molecule has 2 aromatic carbocycles. The van der Waals surface area contributed by atoms with E-state index in [1.165, 1.54) is 11.8 Å². The van der Waals surface area contributed by atoms with Crippen LogP contribution in [0.1, 0.15) is 32.8 Å². The molecule has 6 nitrogen and oxygen atoms in total. The van der Waals surface area contributed by atoms with E-state index < -0.39 is 0 Å². The molecule has 3 aromatic rings. The number of nitrogens with one attached hydrogen (secondary N) is 1. The Morgan fingerprint density at radius 1 is 1.17 bits per heavy atom. The van der Waals surface area contributed by atoms with Crippen LogP contribution in [-0.4, -0.2) is 39.1 Å². The number of hydrogen-bond acceptors (Lipinski definition) is 5. The first-order chi connectivity index (χ1) is 14.5. The van der Waals surface area contributed by atoms with Crippen LogP contribution in [0.25, 0.3) is 17.1 Å². The van der Waals surface area contributed by atoms with Gasteiger partial charge in [-0.05, 0) is 57.5 Å². The molecule has 0 aliphatic rings. The molecule has 1 amide bonds. The fourth-order valence-corrected chi connectivity index (χ4v) is 3.74. The summed E-state index contributed by atoms with van der Waals surface area (Å²) < 4.78 is 7.56. The van der Waals surface area contributed by atoms with Gasteiger partial charge in [-0.25, -0.2) is 0 Å². The molecule has 0 aliphatic heterocycles. The van der Waals surface area contributed by atoms with Crippen molar-refractivity contribution in [3.05, 3.63) is 54.1 Å². The Labute approximate surface area is 182 Å². The predicted octanol–water partition coefficient (Wildman–Crippen LogP) is 4.65. The van der Waals surface area contributed by atoms with Crippen molar-refractivity contribution in [2.75, 3.05) is 12.4 Å². The van der Waals surface area contributed by atoms with Crippen LogP contribution in [0.15, 0.2) is 53.7 Å². The Balaban J connectivity index is 1.93. The molecule has 0 unspecified atom stereocenters. The van der Waals surface area contributed by atoms with E-state index in [0.717, 1.165) is 34.8 Å². The van der Waals surface area contributed by atoms with E-state index in [2.05, 4.69) is 41.5 Å². The van der Waals surface area contributed by atoms with Crippen LogP contribution in [-0.2, 0) is 4.79 Å². The minimum absolute atomic E-state index is 0.00676. The first-order valence-corrected chi connectivity index (χ1v) is 11.2. The second kappa shape index (κ2) is 10.3. The second-order valence-electron chi connectivity index (χ2n) is 7.10. The SMILES string of the molecule is CCOc1ccc(-n2c(SCC(=O)N[C@H](C)CC)nnc2-c2cccc(C)c2)cc1. The van der Waals surface area contributed by atoms with Crippen molar-refractivity contribution in [3.63, 3.8) is 0 Å². The maximum atomic E-state index is 12.3. The number of amides is 1. The number of carbonyl (C=O) groups excluding carboxylic acids is 1. The highest BCUT2D eigenvalue weighted by molar-refractivity contribution is 7.99. The molecule has 1 aromatic heterocycles. The fraction of sp³-hybridized carbons (Fsp3) is 0.348. The monoisotopic (exact) mass is 424 g/mol. The maximum Gasteiger partial charge on any atom is 0.230 e. The highest BCUT2D eigenvalue weighted by atomic mass is 32.2. The minimum atomic E-state index is -0.00676. The summed E-state index contributed by atoms with van der Waals surface area (Å²) in [4.78, 5) is 12.3. The lowest BCUT2D eigenvalue weighted by atomic mass is 10.1. The van der Waals surface area contributed by atoms with Gasteiger partial charge in [0.05, 0.1) is 12.4 Å². The second-order valence-corrected chi connectivity index (χ2v) is 8.05. The van der Waals surface area contributed by atoms with Gasteiger partial charge in [-0.15, -0.1) is 10.2 Å². The lowest BCUT2D eigenvalue weighted by Crippen LogP contribution is -2.33. The molecule has 0 saturated carbocycles. The lowest BCUT2D eigenvalue weighted by Gasteiger charge is -2.13. The molecule has 0 fully saturated rings. The van der Waals surface area contributed by atoms with E-state index in [1.54, 1.807) is 0 Å². The van der Waals surface area contributed by atoms with Crippen molar-refractivity contribution < 1.29 is 9.53 Å². The number of aromatic nitrogens is 3. The number of rotatable bonds is 9. The van der Waals surface area contributed by atoms with E-state index in [-0.39, 0.29) is 17.7 Å². The highest BCUT2D eigenvalue weighted by Crippen LogP contribution is 2.29. The number of nitrogens with zero attached hydrogens (tertiary/aromatic N) is 3. The van der Waals surface area contributed by atoms with Crippen molar-refractivity contribution in [1.82, 2.24) is 20.1 Å². The highest BCUT2D eigenvalue weighted by Gasteiger charge is 2.18. The third-order valence-corrected chi connectivity index (χ3v) is 5.60. The van der Waals surface area contributed by atoms with Gasteiger partial charge in [0.2, 0.25) is 5.91 Å². The van der Waals surface area contributed by atoms with Crippen molar-refractivity contribution in [2.45, 2.75) is 45.3 Å². The number of aryl methyl sites for hydroxylation is 1. The van der Waals surface area contributed by atoms with Crippen molar-refractivity contribution in [1.29, 1.82) is 0 Å². The molecular formula is C23H28N4O2S. The van der Waals surface area contributed by atoms with Gasteiger partial charge in [-0.3, -0.25) is 9.36 Å². The average molecular weight is 425 g/mol. The molecule has 158 valence electrons. The van der Waals surface area contributed by atoms with Crippen LogP contribution >= 0.6 is 11.8 Å². The molecular weight excluding hydrogens is 396 g/mol. The number of carbonyl (C=O) groups is 1. The van der Waals surface area contributed by atoms with Crippen LogP contribution in [0.2, 0.25) is 0 Å². The fourth-order valence-electron chi connectivity index (χ4n) is 2.97. The Hall–Kier alpha value is -2.80. The largest absolute Gasteiger partial charge is 0.494 e. The maximum absolute atomic E-state index is 12.3. The third-order valence-electron chi connectivity index (χ3n) is 4.67. The van der Waals surface area contributed by atoms with Crippen LogP contribution in [0.4, 0.5) is 0 Å². The van der Waals surface area contributed by atoms with E-state index in [0.29, 0.717) is 11.8 Å². The van der Waals surface area contributed by atoms with Crippen molar-refractivity contribution >= 4 is 17.7 Å². The topological polar surface area (TPSA) is 69.0 Å². The van der Waals surface area contributed by atoms with Crippen molar-refractivity contribution in [2.24, 2.45) is 0 Å². The first-order valence-electron chi connectivity index (χ1n) is 10.2. The summed E-state index contributed by atoms with van der Waals surface area (Å²) in [7, 11) is 0. The summed E-state index contributed by atoms with van der Waals surface area (Å²) in [6.45, 7) is 8.68. The van der Waals surface area contributed by atoms with Gasteiger partial charge in [0.1, 0.15) is 5.75 Å². The molecule has 7 heteroatoms. The van der Waals surface area contributed by atoms with Crippen LogP contribution < -0.4 is 10.1 Å². The quantitative estimate of drug-likeness (QED) is 0.507. The van der Waals surface area contributed by atoms with Crippen molar-refractivity contribution in [3.8, 4) is 22.8 Å². The predicted molar refractivity (Wildman–Crippen MR) is 121 cm³/mol. The Kier molecular flexibility index (Phi) is 7.52. The van der Waals surface area contributed by atoms with Gasteiger partial charge in [0.15, 0.2) is 11.0 Å². The van der Waals surface area contributed by atoms with Gasteiger partial charge < -0.3 is 10.1 Å². The number of ether oxygens (including phenoxy) is 1. The van der Waals surface area contributed by atoms with Gasteiger partial charge in [-0.1, -0.05) is 42.4 Å². The zero-order valence-corrected chi connectivity index (χ0v) is 18.7. The molecule has 1 heterocycles. The molecule has 1 atom stereocenters. The van der Waals surface area contributed by atoms with E-state index in [9.17, 15) is 4.79 Å². The number of benzene rings is 2. The Morgan fingerprint density at radius 2 is 1.93 bits per heavy atom. The third kappa shape index (κ3) is 5.42. The normalized spacial score (nSPS) is 11.9. The van der Waals surface area contributed by atoms with Crippen LogP contribution in [0.5, 0.6) is 5.75 Å². The molecule has 1 N–H and O–H groups in total. The molecule has 0 spiro atoms. The summed E-state index contributed by atoms with van der Waals surface area (Å²) in [6, 6.07) is 16.2. The number of thioether (sulfide) groups is 1. The average Bonchev–Trinajstić information content (AvgIpc) is 3.17. The van der Waals surface area contributed by atoms with Gasteiger partial charge >= 0.3 is 0 Å². The smallest absolute Gasteiger partial charge is 0.230 e. The summed E-state index contributed by atoms with van der Waals surface area (Å²) in [6.07, 6.45) is 0.899. The molecule has 3 rings (SSSR count). The summed E-state index contributed by atoms with van der Waals surface area (Å²) in [5.74, 6) is 1.84. The van der Waals surface area contributed by atoms with Crippen LogP contribution in [0, 0.1) is 6.92 Å². The lowest BCUT2D eigenvalue weighted by molar-refractivity contribution is -0.119. The standard InChI is InChI=1S/C23H28N4O2S/c1-5-17(4)24-21(28)15-30-23-26-25-22(18-9-7-8-16(3)14-18)27(23)19-10-12-20(13-11-19)29-6-2/h7-14,17H,5-6,15H2,1-4H3,(H,24,28)/t17-/m1/s1. The molecule has 0 saturated heterocycles. The molecule has 0 aliphatic carbocycles. The van der Waals surface area contributed by atoms with E-state index in [4.69, 9.17) is 4.74 Å². The van der Waals surface area contributed by atoms with Gasteiger partial charge in [-0.2, -0.15) is 0 Å². The van der Waals surface area contributed by atoms with Gasteiger partial charge in [0.25, 0.3) is 0 Å². The zero-order valence-electron chi connectivity index (χ0n) is 17.9. The summed E-state index contributed by atoms with van der Waals surface area (Å²) in [5, 5.41) is 12.5. The Morgan fingerprint density at radius 3 is 2.60 bits per heavy atom. The molecule has 30 heavy (non-hydrogen) atoms. The molecule has 0 radical (unpaired) electrons. The Bertz CT molecular complexity index is 985.